The van der Waals surface area contributed by atoms with Crippen molar-refractivity contribution in [2.45, 2.75) is 19.5 Å². The van der Waals surface area contributed by atoms with Crippen LogP contribution in [0.5, 0.6) is 0 Å². The van der Waals surface area contributed by atoms with Crippen LogP contribution in [0.25, 0.3) is 10.9 Å². The minimum atomic E-state index is -0.862. The molecule has 126 valence electrons. The highest BCUT2D eigenvalue weighted by Crippen LogP contribution is 2.37. The Morgan fingerprint density at radius 2 is 1.80 bits per heavy atom. The standard InChI is InChI=1S/C20H17F2N3/c1-20(2)24-18(13-10-12-6-4-5-7-16(12)23-11-13)14-8-9-15(21)17(22)19(14)25(20)3/h4-11H,1-3H3. The van der Waals surface area contributed by atoms with Gasteiger partial charge in [0.15, 0.2) is 11.6 Å². The number of aromatic nitrogens is 1. The second kappa shape index (κ2) is 5.34. The summed E-state index contributed by atoms with van der Waals surface area (Å²) >= 11 is 0. The van der Waals surface area contributed by atoms with E-state index in [1.165, 1.54) is 0 Å². The highest BCUT2D eigenvalue weighted by Gasteiger charge is 2.35. The zero-order valence-electron chi connectivity index (χ0n) is 14.2. The van der Waals surface area contributed by atoms with Gasteiger partial charge in [-0.25, -0.2) is 8.78 Å². The lowest BCUT2D eigenvalue weighted by Gasteiger charge is -2.40. The van der Waals surface area contributed by atoms with E-state index in [0.717, 1.165) is 22.5 Å². The van der Waals surface area contributed by atoms with Gasteiger partial charge in [0, 0.05) is 29.8 Å². The first-order valence-corrected chi connectivity index (χ1v) is 8.06. The molecule has 0 amide bonds. The maximum Gasteiger partial charge on any atom is 0.182 e. The molecule has 0 aliphatic carbocycles. The number of para-hydroxylation sites is 1. The van der Waals surface area contributed by atoms with Crippen LogP contribution in [-0.4, -0.2) is 23.4 Å². The molecule has 0 bridgehead atoms. The van der Waals surface area contributed by atoms with Crippen LogP contribution in [0.2, 0.25) is 0 Å². The van der Waals surface area contributed by atoms with E-state index in [9.17, 15) is 8.78 Å². The fraction of sp³-hybridized carbons (Fsp3) is 0.200. The first-order chi connectivity index (χ1) is 11.9. The summed E-state index contributed by atoms with van der Waals surface area (Å²) in [5, 5.41) is 0.976. The van der Waals surface area contributed by atoms with Crippen LogP contribution in [-0.2, 0) is 0 Å². The summed E-state index contributed by atoms with van der Waals surface area (Å²) in [5.41, 5.74) is 2.37. The second-order valence-electron chi connectivity index (χ2n) is 6.69. The SMILES string of the molecule is CN1c2c(ccc(F)c2F)C(c2cnc3ccccc3c2)=NC1(C)C. The summed E-state index contributed by atoms with van der Waals surface area (Å²) in [6.07, 6.45) is 1.73. The zero-order valence-corrected chi connectivity index (χ0v) is 14.2. The number of benzene rings is 2. The predicted octanol–water partition coefficient (Wildman–Crippen LogP) is 4.54. The molecular formula is C20H17F2N3. The van der Waals surface area contributed by atoms with Crippen LogP contribution in [0.1, 0.15) is 25.0 Å². The van der Waals surface area contributed by atoms with Gasteiger partial charge in [-0.3, -0.25) is 9.98 Å². The normalized spacial score (nSPS) is 15.9. The molecule has 0 unspecified atom stereocenters. The number of hydrogen-bond acceptors (Lipinski definition) is 3. The van der Waals surface area contributed by atoms with Crippen LogP contribution in [0.3, 0.4) is 0 Å². The summed E-state index contributed by atoms with van der Waals surface area (Å²) in [6.45, 7) is 3.74. The van der Waals surface area contributed by atoms with Crippen molar-refractivity contribution in [2.75, 3.05) is 11.9 Å². The van der Waals surface area contributed by atoms with E-state index in [0.29, 0.717) is 11.3 Å². The van der Waals surface area contributed by atoms with Crippen LogP contribution in [0.15, 0.2) is 53.7 Å². The fourth-order valence-corrected chi connectivity index (χ4v) is 3.16. The number of rotatable bonds is 1. The molecule has 2 aromatic carbocycles. The van der Waals surface area contributed by atoms with Crippen molar-refractivity contribution >= 4 is 22.3 Å². The molecule has 0 atom stereocenters. The first-order valence-electron chi connectivity index (χ1n) is 8.06. The van der Waals surface area contributed by atoms with E-state index in [2.05, 4.69) is 4.98 Å². The third kappa shape index (κ3) is 2.38. The molecule has 0 fully saturated rings. The number of fused-ring (bicyclic) bond motifs is 2. The highest BCUT2D eigenvalue weighted by atomic mass is 19.2. The highest BCUT2D eigenvalue weighted by molar-refractivity contribution is 6.18. The van der Waals surface area contributed by atoms with Gasteiger partial charge in [0.25, 0.3) is 0 Å². The smallest absolute Gasteiger partial charge is 0.182 e. The second-order valence-corrected chi connectivity index (χ2v) is 6.69. The Labute approximate surface area is 144 Å². The number of hydrogen-bond donors (Lipinski definition) is 0. The molecule has 0 radical (unpaired) electrons. The molecule has 25 heavy (non-hydrogen) atoms. The molecule has 4 rings (SSSR count). The molecule has 1 aliphatic rings. The van der Waals surface area contributed by atoms with Gasteiger partial charge in [-0.1, -0.05) is 18.2 Å². The molecule has 1 aliphatic heterocycles. The van der Waals surface area contributed by atoms with Crippen molar-refractivity contribution in [1.82, 2.24) is 4.98 Å². The molecule has 2 heterocycles. The lowest BCUT2D eigenvalue weighted by molar-refractivity contribution is 0.471. The monoisotopic (exact) mass is 337 g/mol. The van der Waals surface area contributed by atoms with Gasteiger partial charge in [-0.05, 0) is 38.1 Å². The molecule has 0 saturated heterocycles. The minimum absolute atomic E-state index is 0.225. The lowest BCUT2D eigenvalue weighted by atomic mass is 9.95. The van der Waals surface area contributed by atoms with Gasteiger partial charge in [0.05, 0.1) is 16.9 Å². The Morgan fingerprint density at radius 1 is 1.04 bits per heavy atom. The Morgan fingerprint density at radius 3 is 2.60 bits per heavy atom. The first kappa shape index (κ1) is 15.7. The van der Waals surface area contributed by atoms with E-state index in [1.807, 2.05) is 44.2 Å². The number of nitrogens with zero attached hydrogens (tertiary/aromatic N) is 3. The predicted molar refractivity (Wildman–Crippen MR) is 96.2 cm³/mol. The van der Waals surface area contributed by atoms with Gasteiger partial charge in [-0.15, -0.1) is 0 Å². The zero-order chi connectivity index (χ0) is 17.8. The Hall–Kier alpha value is -2.82. The van der Waals surface area contributed by atoms with Crippen molar-refractivity contribution in [3.63, 3.8) is 0 Å². The quantitative estimate of drug-likeness (QED) is 0.652. The van der Waals surface area contributed by atoms with E-state index in [1.54, 1.807) is 24.2 Å². The third-order valence-corrected chi connectivity index (χ3v) is 4.73. The fourth-order valence-electron chi connectivity index (χ4n) is 3.16. The van der Waals surface area contributed by atoms with Crippen molar-refractivity contribution in [2.24, 2.45) is 4.99 Å². The van der Waals surface area contributed by atoms with E-state index in [4.69, 9.17) is 4.99 Å². The summed E-state index contributed by atoms with van der Waals surface area (Å²) in [7, 11) is 1.72. The van der Waals surface area contributed by atoms with Crippen molar-refractivity contribution in [1.29, 1.82) is 0 Å². The number of anilines is 1. The molecule has 5 heteroatoms. The summed E-state index contributed by atoms with van der Waals surface area (Å²) in [6, 6.07) is 12.5. The number of pyridine rings is 1. The lowest BCUT2D eigenvalue weighted by Crippen LogP contribution is -2.44. The van der Waals surface area contributed by atoms with Crippen molar-refractivity contribution < 1.29 is 8.78 Å². The topological polar surface area (TPSA) is 28.5 Å². The van der Waals surface area contributed by atoms with Crippen LogP contribution < -0.4 is 4.90 Å². The van der Waals surface area contributed by atoms with E-state index < -0.39 is 17.3 Å². The van der Waals surface area contributed by atoms with Gasteiger partial charge in [0.2, 0.25) is 0 Å². The van der Waals surface area contributed by atoms with E-state index >= 15 is 0 Å². The van der Waals surface area contributed by atoms with Crippen LogP contribution >= 0.6 is 0 Å². The third-order valence-electron chi connectivity index (χ3n) is 4.73. The van der Waals surface area contributed by atoms with Gasteiger partial charge >= 0.3 is 0 Å². The van der Waals surface area contributed by atoms with Gasteiger partial charge in [-0.2, -0.15) is 0 Å². The Balaban J connectivity index is 1.98. The average Bonchev–Trinajstić information content (AvgIpc) is 2.60. The molecular weight excluding hydrogens is 320 g/mol. The molecule has 3 nitrogen and oxygen atoms in total. The molecule has 0 N–H and O–H groups in total. The molecule has 0 spiro atoms. The summed E-state index contributed by atoms with van der Waals surface area (Å²) in [5.74, 6) is -1.71. The maximum atomic E-state index is 14.5. The van der Waals surface area contributed by atoms with Crippen LogP contribution in [0, 0.1) is 11.6 Å². The molecule has 1 aromatic heterocycles. The average molecular weight is 337 g/mol. The maximum absolute atomic E-state index is 14.5. The summed E-state index contributed by atoms with van der Waals surface area (Å²) < 4.78 is 28.3. The van der Waals surface area contributed by atoms with E-state index in [-0.39, 0.29) is 5.69 Å². The Bertz CT molecular complexity index is 1020. The van der Waals surface area contributed by atoms with Gasteiger partial charge < -0.3 is 4.90 Å². The molecule has 0 saturated carbocycles. The molecule has 3 aromatic rings. The minimum Gasteiger partial charge on any atom is -0.348 e. The van der Waals surface area contributed by atoms with Crippen LogP contribution in [0.4, 0.5) is 14.5 Å². The van der Waals surface area contributed by atoms with Crippen molar-refractivity contribution in [3.05, 3.63) is 71.4 Å². The van der Waals surface area contributed by atoms with Crippen molar-refractivity contribution in [3.8, 4) is 0 Å². The summed E-state index contributed by atoms with van der Waals surface area (Å²) in [4.78, 5) is 10.9. The Kier molecular flexibility index (Phi) is 3.35. The number of halogens is 2. The largest absolute Gasteiger partial charge is 0.348 e. The number of aliphatic imine (C=N–C) groups is 1. The van der Waals surface area contributed by atoms with Gasteiger partial charge in [0.1, 0.15) is 5.66 Å².